The average Bonchev–Trinajstić information content (AvgIpc) is 3.37. The van der Waals surface area contributed by atoms with E-state index in [2.05, 4.69) is 79.3 Å². The highest BCUT2D eigenvalue weighted by Crippen LogP contribution is 2.25. The maximum absolute atomic E-state index is 4.39. The van der Waals surface area contributed by atoms with E-state index in [1.807, 2.05) is 64.5 Å². The first-order chi connectivity index (χ1) is 18.1. The van der Waals surface area contributed by atoms with Gasteiger partial charge < -0.3 is 4.57 Å². The molecule has 0 bridgehead atoms. The number of piperidine rings is 1. The summed E-state index contributed by atoms with van der Waals surface area (Å²) in [4.78, 5) is 6.94. The molecule has 0 atom stereocenters. The highest BCUT2D eigenvalue weighted by Gasteiger charge is 2.20. The standard InChI is InChI=1S/C26H35N3.C4H10.2C2H6/c1-5-9-13-25(12-8-4)20-29-22-27-19-26(29)21-28-16-14-24(15-17-28)18-23(10-6-2)11-7-3;1-3-4-2;2*1-2/h5-13,19,22,24H,1-2,4,14-18,20-21H2,3H3;3-4H2,1-2H3;2*1-2H3/b11-7-,13-9-,23-10+,25-12+;;;. The molecular formula is C34H57N3. The minimum Gasteiger partial charge on any atom is -0.329 e. The molecule has 0 radical (unpaired) electrons. The molecule has 1 fully saturated rings. The van der Waals surface area contributed by atoms with Crippen molar-refractivity contribution in [2.45, 2.75) is 93.7 Å². The summed E-state index contributed by atoms with van der Waals surface area (Å²) >= 11 is 0. The Morgan fingerprint density at radius 1 is 0.919 bits per heavy atom. The average molecular weight is 508 g/mol. The molecule has 3 heteroatoms. The van der Waals surface area contributed by atoms with E-state index in [9.17, 15) is 0 Å². The van der Waals surface area contributed by atoms with E-state index in [0.717, 1.165) is 38.5 Å². The minimum atomic E-state index is 0.754. The van der Waals surface area contributed by atoms with E-state index in [1.54, 1.807) is 6.08 Å². The lowest BCUT2D eigenvalue weighted by Crippen LogP contribution is -2.34. The van der Waals surface area contributed by atoms with Gasteiger partial charge in [-0.2, -0.15) is 0 Å². The van der Waals surface area contributed by atoms with Crippen LogP contribution in [0, 0.1) is 5.92 Å². The van der Waals surface area contributed by atoms with E-state index in [-0.39, 0.29) is 0 Å². The summed E-state index contributed by atoms with van der Waals surface area (Å²) in [7, 11) is 0. The Hall–Kier alpha value is -2.65. The van der Waals surface area contributed by atoms with Crippen LogP contribution in [0.4, 0.5) is 0 Å². The van der Waals surface area contributed by atoms with Gasteiger partial charge in [-0.15, -0.1) is 0 Å². The lowest BCUT2D eigenvalue weighted by molar-refractivity contribution is 0.174. The molecular weight excluding hydrogens is 450 g/mol. The maximum atomic E-state index is 4.39. The number of aromatic nitrogens is 2. The van der Waals surface area contributed by atoms with E-state index < -0.39 is 0 Å². The van der Waals surface area contributed by atoms with Gasteiger partial charge in [0, 0.05) is 19.3 Å². The molecule has 0 aromatic carbocycles. The predicted octanol–water partition coefficient (Wildman–Crippen LogP) is 9.89. The molecule has 1 aromatic heterocycles. The van der Waals surface area contributed by atoms with Crippen molar-refractivity contribution in [3.63, 3.8) is 0 Å². The molecule has 208 valence electrons. The minimum absolute atomic E-state index is 0.754. The maximum Gasteiger partial charge on any atom is 0.0951 e. The first kappa shape index (κ1) is 36.5. The molecule has 1 aliphatic rings. The van der Waals surface area contributed by atoms with E-state index in [1.165, 1.54) is 42.5 Å². The largest absolute Gasteiger partial charge is 0.329 e. The first-order valence-electron chi connectivity index (χ1n) is 14.4. The highest BCUT2D eigenvalue weighted by molar-refractivity contribution is 5.26. The van der Waals surface area contributed by atoms with Crippen LogP contribution in [0.2, 0.25) is 0 Å². The molecule has 0 aliphatic carbocycles. The van der Waals surface area contributed by atoms with E-state index >= 15 is 0 Å². The fourth-order valence-electron chi connectivity index (χ4n) is 3.79. The smallest absolute Gasteiger partial charge is 0.0951 e. The number of hydrogen-bond donors (Lipinski definition) is 0. The van der Waals surface area contributed by atoms with Gasteiger partial charge in [0.2, 0.25) is 0 Å². The predicted molar refractivity (Wildman–Crippen MR) is 169 cm³/mol. The Labute approximate surface area is 230 Å². The zero-order valence-corrected chi connectivity index (χ0v) is 25.3. The SMILES string of the molecule is C=C/C=C\C(=C/C=C)Cn1cncc1CN1CCC(CC(/C=C\C)=C/C=C)CC1.CC.CC.CCCC. The lowest BCUT2D eigenvalue weighted by Gasteiger charge is -2.32. The molecule has 0 N–H and O–H groups in total. The molecule has 0 amide bonds. The molecule has 1 aliphatic heterocycles. The molecule has 3 nitrogen and oxygen atoms in total. The van der Waals surface area contributed by atoms with Crippen LogP contribution >= 0.6 is 0 Å². The van der Waals surface area contributed by atoms with Crippen LogP contribution < -0.4 is 0 Å². The van der Waals surface area contributed by atoms with Gasteiger partial charge in [0.15, 0.2) is 0 Å². The van der Waals surface area contributed by atoms with Gasteiger partial charge in [-0.05, 0) is 56.3 Å². The summed E-state index contributed by atoms with van der Waals surface area (Å²) in [6.45, 7) is 29.9. The molecule has 0 unspecified atom stereocenters. The third-order valence-corrected chi connectivity index (χ3v) is 5.76. The number of imidazole rings is 1. The Bertz CT molecular complexity index is 810. The van der Waals surface area contributed by atoms with Crippen LogP contribution in [0.15, 0.2) is 98.1 Å². The topological polar surface area (TPSA) is 21.1 Å². The van der Waals surface area contributed by atoms with Crippen LogP contribution in [0.5, 0.6) is 0 Å². The molecule has 0 spiro atoms. The fraction of sp³-hybridized carbons (Fsp3) is 0.500. The lowest BCUT2D eigenvalue weighted by atomic mass is 9.89. The molecule has 37 heavy (non-hydrogen) atoms. The van der Waals surface area contributed by atoms with Crippen molar-refractivity contribution in [1.82, 2.24) is 14.5 Å². The van der Waals surface area contributed by atoms with Gasteiger partial charge in [-0.3, -0.25) is 4.90 Å². The molecule has 2 rings (SSSR count). The third-order valence-electron chi connectivity index (χ3n) is 5.76. The summed E-state index contributed by atoms with van der Waals surface area (Å²) in [6, 6.07) is 0. The Balaban J connectivity index is 0. The summed E-state index contributed by atoms with van der Waals surface area (Å²) < 4.78 is 2.23. The van der Waals surface area contributed by atoms with Gasteiger partial charge in [0.25, 0.3) is 0 Å². The van der Waals surface area contributed by atoms with E-state index in [4.69, 9.17) is 0 Å². The Morgan fingerprint density at radius 3 is 2.03 bits per heavy atom. The Kier molecular flexibility index (Phi) is 26.1. The Morgan fingerprint density at radius 2 is 1.51 bits per heavy atom. The monoisotopic (exact) mass is 507 g/mol. The van der Waals surface area contributed by atoms with Crippen molar-refractivity contribution >= 4 is 0 Å². The van der Waals surface area contributed by atoms with Crippen molar-refractivity contribution in [3.8, 4) is 0 Å². The zero-order valence-electron chi connectivity index (χ0n) is 25.3. The van der Waals surface area contributed by atoms with Crippen LogP contribution in [-0.4, -0.2) is 27.5 Å². The fourth-order valence-corrected chi connectivity index (χ4v) is 3.79. The van der Waals surface area contributed by atoms with Crippen LogP contribution in [0.1, 0.15) is 86.3 Å². The molecule has 1 aromatic rings. The van der Waals surface area contributed by atoms with Gasteiger partial charge in [-0.25, -0.2) is 4.98 Å². The van der Waals surface area contributed by atoms with E-state index in [0.29, 0.717) is 0 Å². The van der Waals surface area contributed by atoms with Gasteiger partial charge >= 0.3 is 0 Å². The zero-order chi connectivity index (χ0) is 28.3. The number of likely N-dealkylation sites (tertiary alicyclic amines) is 1. The summed E-state index contributed by atoms with van der Waals surface area (Å²) in [5, 5.41) is 0. The second kappa shape index (κ2) is 26.4. The number of hydrogen-bond acceptors (Lipinski definition) is 2. The first-order valence-corrected chi connectivity index (χ1v) is 14.4. The molecule has 2 heterocycles. The number of allylic oxidation sites excluding steroid dienone is 11. The number of unbranched alkanes of at least 4 members (excludes halogenated alkanes) is 1. The summed E-state index contributed by atoms with van der Waals surface area (Å²) in [5.74, 6) is 0.754. The summed E-state index contributed by atoms with van der Waals surface area (Å²) in [6.07, 6.45) is 28.2. The molecule has 0 saturated carbocycles. The summed E-state index contributed by atoms with van der Waals surface area (Å²) in [5.41, 5.74) is 3.82. The highest BCUT2D eigenvalue weighted by atomic mass is 15.2. The third kappa shape index (κ3) is 17.4. The number of nitrogens with zero attached hydrogens (tertiary/aromatic N) is 3. The van der Waals surface area contributed by atoms with Gasteiger partial charge in [0.05, 0.1) is 12.0 Å². The quantitative estimate of drug-likeness (QED) is 0.262. The van der Waals surface area contributed by atoms with Crippen molar-refractivity contribution < 1.29 is 0 Å². The second-order valence-corrected chi connectivity index (χ2v) is 8.49. The van der Waals surface area contributed by atoms with Crippen LogP contribution in [0.25, 0.3) is 0 Å². The van der Waals surface area contributed by atoms with Crippen LogP contribution in [0.3, 0.4) is 0 Å². The molecule has 1 saturated heterocycles. The van der Waals surface area contributed by atoms with Gasteiger partial charge in [-0.1, -0.05) is 129 Å². The van der Waals surface area contributed by atoms with Crippen molar-refractivity contribution in [3.05, 3.63) is 104 Å². The van der Waals surface area contributed by atoms with Crippen molar-refractivity contribution in [2.24, 2.45) is 5.92 Å². The van der Waals surface area contributed by atoms with Crippen molar-refractivity contribution in [1.29, 1.82) is 0 Å². The van der Waals surface area contributed by atoms with Crippen LogP contribution in [-0.2, 0) is 13.1 Å². The normalized spacial score (nSPS) is 14.7. The second-order valence-electron chi connectivity index (χ2n) is 8.49. The van der Waals surface area contributed by atoms with Gasteiger partial charge in [0.1, 0.15) is 0 Å². The van der Waals surface area contributed by atoms with Crippen molar-refractivity contribution in [2.75, 3.05) is 13.1 Å². The number of rotatable bonds is 12.